The maximum atomic E-state index is 5.34. The van der Waals surface area contributed by atoms with Gasteiger partial charge in [-0.1, -0.05) is 0 Å². The Labute approximate surface area is 79.3 Å². The fraction of sp³-hybridized carbons (Fsp3) is 0.667. The van der Waals surface area contributed by atoms with Crippen LogP contribution in [0, 0.1) is 0 Å². The van der Waals surface area contributed by atoms with E-state index in [0.29, 0.717) is 6.04 Å². The van der Waals surface area contributed by atoms with Crippen molar-refractivity contribution < 1.29 is 0 Å². The summed E-state index contributed by atoms with van der Waals surface area (Å²) in [5.74, 6) is 0. The Morgan fingerprint density at radius 2 is 2.31 bits per heavy atom. The highest BCUT2D eigenvalue weighted by Crippen LogP contribution is 1.97. The van der Waals surface area contributed by atoms with Gasteiger partial charge in [0.15, 0.2) is 0 Å². The summed E-state index contributed by atoms with van der Waals surface area (Å²) < 4.78 is 0. The molecule has 4 nitrogen and oxygen atoms in total. The van der Waals surface area contributed by atoms with Crippen LogP contribution in [0.1, 0.15) is 6.92 Å². The third-order valence-corrected chi connectivity index (χ3v) is 2.17. The molecule has 0 aromatic heterocycles. The first-order valence-electron chi connectivity index (χ1n) is 4.59. The predicted molar refractivity (Wildman–Crippen MR) is 55.9 cm³/mol. The van der Waals surface area contributed by atoms with Crippen LogP contribution in [0.25, 0.3) is 0 Å². The van der Waals surface area contributed by atoms with Gasteiger partial charge in [0.1, 0.15) is 0 Å². The van der Waals surface area contributed by atoms with Crippen LogP contribution in [0.15, 0.2) is 17.3 Å². The summed E-state index contributed by atoms with van der Waals surface area (Å²) in [6.07, 6.45) is 3.38. The second kappa shape index (κ2) is 4.99. The topological polar surface area (TPSA) is 62.4 Å². The highest BCUT2D eigenvalue weighted by atomic mass is 15.1. The van der Waals surface area contributed by atoms with Gasteiger partial charge in [-0.25, -0.2) is 0 Å². The molecule has 74 valence electrons. The van der Waals surface area contributed by atoms with E-state index >= 15 is 0 Å². The molecule has 0 aliphatic carbocycles. The van der Waals surface area contributed by atoms with E-state index < -0.39 is 0 Å². The molecule has 1 fully saturated rings. The zero-order valence-electron chi connectivity index (χ0n) is 8.25. The molecule has 0 bridgehead atoms. The molecular formula is C9H18N4. The van der Waals surface area contributed by atoms with Gasteiger partial charge in [0.2, 0.25) is 0 Å². The standard InChI is InChI=1S/C9H18N4/c1-7-5-12-6-9(13-7)8(11-2)3-4-10/h3-4,7,9,12-13H,5-6,10H2,1-2H3/b4-3-,11-8?. The molecule has 0 amide bonds. The first-order valence-corrected chi connectivity index (χ1v) is 4.59. The van der Waals surface area contributed by atoms with Crippen molar-refractivity contribution >= 4 is 5.71 Å². The Morgan fingerprint density at radius 1 is 1.54 bits per heavy atom. The normalized spacial score (nSPS) is 31.1. The van der Waals surface area contributed by atoms with Gasteiger partial charge < -0.3 is 16.4 Å². The van der Waals surface area contributed by atoms with E-state index in [4.69, 9.17) is 5.73 Å². The summed E-state index contributed by atoms with van der Waals surface area (Å²) in [4.78, 5) is 4.18. The molecule has 0 spiro atoms. The van der Waals surface area contributed by atoms with Crippen molar-refractivity contribution in [2.75, 3.05) is 20.1 Å². The predicted octanol–water partition coefficient (Wildman–Crippen LogP) is -0.520. The zero-order valence-corrected chi connectivity index (χ0v) is 8.25. The van der Waals surface area contributed by atoms with Crippen molar-refractivity contribution in [2.45, 2.75) is 19.0 Å². The molecule has 2 unspecified atom stereocenters. The van der Waals surface area contributed by atoms with E-state index in [2.05, 4.69) is 22.5 Å². The van der Waals surface area contributed by atoms with E-state index in [1.807, 2.05) is 6.08 Å². The largest absolute Gasteiger partial charge is 0.405 e. The molecule has 2 atom stereocenters. The van der Waals surface area contributed by atoms with Gasteiger partial charge in [-0.15, -0.1) is 0 Å². The monoisotopic (exact) mass is 182 g/mol. The Morgan fingerprint density at radius 3 is 2.85 bits per heavy atom. The van der Waals surface area contributed by atoms with Crippen LogP contribution >= 0.6 is 0 Å². The molecule has 4 N–H and O–H groups in total. The van der Waals surface area contributed by atoms with E-state index in [1.54, 1.807) is 7.05 Å². The minimum atomic E-state index is 0.286. The maximum absolute atomic E-state index is 5.34. The van der Waals surface area contributed by atoms with Crippen molar-refractivity contribution in [1.29, 1.82) is 0 Å². The number of piperazine rings is 1. The van der Waals surface area contributed by atoms with Crippen LogP contribution in [0.5, 0.6) is 0 Å². The number of nitrogens with one attached hydrogen (secondary N) is 2. The fourth-order valence-electron chi connectivity index (χ4n) is 1.54. The average molecular weight is 182 g/mol. The molecule has 1 heterocycles. The summed E-state index contributed by atoms with van der Waals surface area (Å²) in [6, 6.07) is 0.773. The van der Waals surface area contributed by atoms with Crippen LogP contribution in [-0.2, 0) is 0 Å². The quantitative estimate of drug-likeness (QED) is 0.504. The fourth-order valence-corrected chi connectivity index (χ4v) is 1.54. The number of hydrogen-bond acceptors (Lipinski definition) is 4. The van der Waals surface area contributed by atoms with Crippen LogP contribution < -0.4 is 16.4 Å². The molecule has 1 aliphatic heterocycles. The summed E-state index contributed by atoms with van der Waals surface area (Å²) in [7, 11) is 1.79. The second-order valence-corrected chi connectivity index (χ2v) is 3.29. The molecule has 0 radical (unpaired) electrons. The number of aliphatic imine (C=N–C) groups is 1. The summed E-state index contributed by atoms with van der Waals surface area (Å²) in [5.41, 5.74) is 6.34. The summed E-state index contributed by atoms with van der Waals surface area (Å²) >= 11 is 0. The van der Waals surface area contributed by atoms with E-state index in [0.717, 1.165) is 18.8 Å². The van der Waals surface area contributed by atoms with Gasteiger partial charge in [0, 0.05) is 26.2 Å². The van der Waals surface area contributed by atoms with Crippen molar-refractivity contribution in [1.82, 2.24) is 10.6 Å². The van der Waals surface area contributed by atoms with E-state index in [1.165, 1.54) is 6.20 Å². The molecular weight excluding hydrogens is 164 g/mol. The maximum Gasteiger partial charge on any atom is 0.0620 e. The van der Waals surface area contributed by atoms with E-state index in [9.17, 15) is 0 Å². The molecule has 0 aromatic carbocycles. The van der Waals surface area contributed by atoms with Crippen molar-refractivity contribution in [3.05, 3.63) is 12.3 Å². The molecule has 13 heavy (non-hydrogen) atoms. The van der Waals surface area contributed by atoms with Gasteiger partial charge in [-0.2, -0.15) is 0 Å². The van der Waals surface area contributed by atoms with Crippen molar-refractivity contribution in [3.63, 3.8) is 0 Å². The van der Waals surface area contributed by atoms with Crippen molar-refractivity contribution in [2.24, 2.45) is 10.7 Å². The highest BCUT2D eigenvalue weighted by molar-refractivity contribution is 5.99. The smallest absolute Gasteiger partial charge is 0.0620 e. The number of nitrogens with zero attached hydrogens (tertiary/aromatic N) is 1. The minimum Gasteiger partial charge on any atom is -0.405 e. The van der Waals surface area contributed by atoms with Gasteiger partial charge >= 0.3 is 0 Å². The molecule has 1 aliphatic rings. The first kappa shape index (κ1) is 10.2. The highest BCUT2D eigenvalue weighted by Gasteiger charge is 2.19. The van der Waals surface area contributed by atoms with Crippen LogP contribution in [0.3, 0.4) is 0 Å². The van der Waals surface area contributed by atoms with Crippen molar-refractivity contribution in [3.8, 4) is 0 Å². The Hall–Kier alpha value is -0.870. The third kappa shape index (κ3) is 2.82. The lowest BCUT2D eigenvalue weighted by Crippen LogP contribution is -2.56. The molecule has 1 saturated heterocycles. The third-order valence-electron chi connectivity index (χ3n) is 2.17. The molecule has 1 rings (SSSR count). The Kier molecular flexibility index (Phi) is 3.92. The Balaban J connectivity index is 2.58. The SMILES string of the molecule is CN=C(/C=C\N)C1CNCC(C)N1. The molecule has 0 saturated carbocycles. The lowest BCUT2D eigenvalue weighted by Gasteiger charge is -2.29. The Bertz CT molecular complexity index is 210. The number of rotatable bonds is 2. The van der Waals surface area contributed by atoms with Gasteiger partial charge in [-0.3, -0.25) is 4.99 Å². The minimum absolute atomic E-state index is 0.286. The van der Waals surface area contributed by atoms with E-state index in [-0.39, 0.29) is 6.04 Å². The summed E-state index contributed by atoms with van der Waals surface area (Å²) in [6.45, 7) is 4.08. The first-order chi connectivity index (χ1) is 6.27. The average Bonchev–Trinajstić information content (AvgIpc) is 2.14. The van der Waals surface area contributed by atoms with Crippen LogP contribution in [0.2, 0.25) is 0 Å². The zero-order chi connectivity index (χ0) is 9.68. The number of nitrogens with two attached hydrogens (primary N) is 1. The lowest BCUT2D eigenvalue weighted by atomic mass is 10.1. The molecule has 0 aromatic rings. The second-order valence-electron chi connectivity index (χ2n) is 3.29. The summed E-state index contributed by atoms with van der Waals surface area (Å²) in [5, 5.41) is 6.79. The number of hydrogen-bond donors (Lipinski definition) is 3. The van der Waals surface area contributed by atoms with Crippen LogP contribution in [-0.4, -0.2) is 37.9 Å². The lowest BCUT2D eigenvalue weighted by molar-refractivity contribution is 0.406. The van der Waals surface area contributed by atoms with Gasteiger partial charge in [0.25, 0.3) is 0 Å². The van der Waals surface area contributed by atoms with Gasteiger partial charge in [-0.05, 0) is 19.2 Å². The molecule has 4 heteroatoms. The van der Waals surface area contributed by atoms with Crippen LogP contribution in [0.4, 0.5) is 0 Å². The van der Waals surface area contributed by atoms with Gasteiger partial charge in [0.05, 0.1) is 11.8 Å².